The number of carbonyl (C=O) groups excluding carboxylic acids is 3. The number of carbonyl (C=O) groups is 3. The van der Waals surface area contributed by atoms with Gasteiger partial charge >= 0.3 is 0 Å². The van der Waals surface area contributed by atoms with Crippen molar-refractivity contribution in [1.29, 1.82) is 0 Å². The van der Waals surface area contributed by atoms with Gasteiger partial charge in [-0.25, -0.2) is 9.29 Å². The number of hydrogen-bond donors (Lipinski definition) is 1. The number of nitrogens with one attached hydrogen (secondary N) is 1. The molecule has 1 aromatic rings. The molecule has 3 fully saturated rings. The third-order valence-electron chi connectivity index (χ3n) is 6.12. The van der Waals surface area contributed by atoms with Gasteiger partial charge in [-0.05, 0) is 43.4 Å². The number of hydrogen-bond acceptors (Lipinski definition) is 3. The minimum atomic E-state index is -0.600. The molecule has 2 saturated carbocycles. The van der Waals surface area contributed by atoms with E-state index in [-0.39, 0.29) is 35.2 Å². The van der Waals surface area contributed by atoms with Crippen LogP contribution in [0.3, 0.4) is 0 Å². The molecule has 0 radical (unpaired) electrons. The molecule has 2 aliphatic heterocycles. The molecule has 2 atom stereocenters. The number of amides is 3. The molecule has 4 aliphatic rings. The Hall–Kier alpha value is -2.24. The SMILES string of the molecule is O=C1C2CCCCC2C(=O)N1c1cc2c(cc1F)C1(CC1)C(=O)N2. The zero-order valence-electron chi connectivity index (χ0n) is 13.1. The minimum Gasteiger partial charge on any atom is -0.325 e. The van der Waals surface area contributed by atoms with Crippen LogP contribution < -0.4 is 10.2 Å². The van der Waals surface area contributed by atoms with E-state index >= 15 is 0 Å². The second-order valence-corrected chi connectivity index (χ2v) is 7.39. The van der Waals surface area contributed by atoms with Crippen molar-refractivity contribution < 1.29 is 18.8 Å². The van der Waals surface area contributed by atoms with E-state index in [1.54, 1.807) is 0 Å². The summed E-state index contributed by atoms with van der Waals surface area (Å²) in [6, 6.07) is 2.79. The highest BCUT2D eigenvalue weighted by Gasteiger charge is 2.57. The van der Waals surface area contributed by atoms with Crippen LogP contribution in [-0.4, -0.2) is 17.7 Å². The van der Waals surface area contributed by atoms with E-state index in [9.17, 15) is 18.8 Å². The first-order valence-electron chi connectivity index (χ1n) is 8.56. The fourth-order valence-corrected chi connectivity index (χ4v) is 4.62. The Kier molecular flexibility index (Phi) is 2.61. The van der Waals surface area contributed by atoms with Crippen molar-refractivity contribution in [2.24, 2.45) is 11.8 Å². The fourth-order valence-electron chi connectivity index (χ4n) is 4.62. The van der Waals surface area contributed by atoms with E-state index in [0.717, 1.165) is 30.6 Å². The molecule has 1 spiro atoms. The molecular formula is C18H17FN2O3. The number of rotatable bonds is 1. The van der Waals surface area contributed by atoms with Gasteiger partial charge in [-0.3, -0.25) is 14.4 Å². The van der Waals surface area contributed by atoms with Gasteiger partial charge < -0.3 is 5.32 Å². The van der Waals surface area contributed by atoms with Crippen LogP contribution in [0.15, 0.2) is 12.1 Å². The van der Waals surface area contributed by atoms with E-state index in [2.05, 4.69) is 5.32 Å². The summed E-state index contributed by atoms with van der Waals surface area (Å²) in [5.41, 5.74) is 0.590. The smallest absolute Gasteiger partial charge is 0.237 e. The lowest BCUT2D eigenvalue weighted by atomic mass is 9.81. The highest BCUT2D eigenvalue weighted by Crippen LogP contribution is 2.56. The molecule has 2 heterocycles. The van der Waals surface area contributed by atoms with Crippen molar-refractivity contribution in [2.45, 2.75) is 43.9 Å². The third kappa shape index (κ3) is 1.61. The monoisotopic (exact) mass is 328 g/mol. The zero-order valence-corrected chi connectivity index (χ0v) is 13.1. The molecule has 5 nitrogen and oxygen atoms in total. The van der Waals surface area contributed by atoms with Gasteiger partial charge in [0.1, 0.15) is 5.82 Å². The Morgan fingerprint density at radius 3 is 2.25 bits per heavy atom. The number of anilines is 2. The topological polar surface area (TPSA) is 66.5 Å². The predicted octanol–water partition coefficient (Wildman–Crippen LogP) is 2.49. The van der Waals surface area contributed by atoms with E-state index in [1.807, 2.05) is 0 Å². The van der Waals surface area contributed by atoms with Gasteiger partial charge in [-0.15, -0.1) is 0 Å². The first kappa shape index (κ1) is 14.1. The number of benzene rings is 1. The highest BCUT2D eigenvalue weighted by atomic mass is 19.1. The van der Waals surface area contributed by atoms with E-state index in [4.69, 9.17) is 0 Å². The van der Waals surface area contributed by atoms with Crippen molar-refractivity contribution in [3.8, 4) is 0 Å². The highest BCUT2D eigenvalue weighted by molar-refractivity contribution is 6.22. The van der Waals surface area contributed by atoms with Crippen molar-refractivity contribution in [3.05, 3.63) is 23.5 Å². The van der Waals surface area contributed by atoms with Crippen molar-refractivity contribution in [3.63, 3.8) is 0 Å². The largest absolute Gasteiger partial charge is 0.325 e. The average Bonchev–Trinajstić information content (AvgIpc) is 3.29. The van der Waals surface area contributed by atoms with Crippen LogP contribution in [0.5, 0.6) is 0 Å². The molecule has 5 rings (SSSR count). The predicted molar refractivity (Wildman–Crippen MR) is 83.9 cm³/mol. The van der Waals surface area contributed by atoms with Crippen LogP contribution in [0.4, 0.5) is 15.8 Å². The first-order valence-corrected chi connectivity index (χ1v) is 8.56. The molecule has 124 valence electrons. The maximum atomic E-state index is 14.7. The van der Waals surface area contributed by atoms with Crippen molar-refractivity contribution in [2.75, 3.05) is 10.2 Å². The van der Waals surface area contributed by atoms with E-state index < -0.39 is 11.2 Å². The van der Waals surface area contributed by atoms with Crippen molar-refractivity contribution >= 4 is 29.1 Å². The normalized spacial score (nSPS) is 29.7. The van der Waals surface area contributed by atoms with Crippen LogP contribution in [0.1, 0.15) is 44.1 Å². The second-order valence-electron chi connectivity index (χ2n) is 7.39. The summed E-state index contributed by atoms with van der Waals surface area (Å²) in [6.07, 6.45) is 4.68. The third-order valence-corrected chi connectivity index (χ3v) is 6.12. The number of fused-ring (bicyclic) bond motifs is 3. The lowest BCUT2D eigenvalue weighted by Gasteiger charge is -2.19. The lowest BCUT2D eigenvalue weighted by Crippen LogP contribution is -2.31. The summed E-state index contributed by atoms with van der Waals surface area (Å²) in [5, 5.41) is 2.78. The van der Waals surface area contributed by atoms with Crippen LogP contribution in [-0.2, 0) is 19.8 Å². The summed E-state index contributed by atoms with van der Waals surface area (Å²) in [5.74, 6) is -1.94. The van der Waals surface area contributed by atoms with Crippen LogP contribution in [0.25, 0.3) is 0 Å². The molecule has 1 aromatic carbocycles. The number of imide groups is 1. The maximum absolute atomic E-state index is 14.7. The first-order chi connectivity index (χ1) is 11.5. The summed E-state index contributed by atoms with van der Waals surface area (Å²) in [7, 11) is 0. The van der Waals surface area contributed by atoms with Gasteiger partial charge in [0.25, 0.3) is 0 Å². The summed E-state index contributed by atoms with van der Waals surface area (Å²) < 4.78 is 14.7. The molecular weight excluding hydrogens is 311 g/mol. The van der Waals surface area contributed by atoms with Crippen molar-refractivity contribution in [1.82, 2.24) is 0 Å². The molecule has 1 saturated heterocycles. The Labute approximate surface area is 138 Å². The molecule has 6 heteroatoms. The standard InChI is InChI=1S/C18H17FN2O3/c19-12-7-11-13(20-17(24)18(11)5-6-18)8-14(12)21-15(22)9-3-1-2-4-10(9)16(21)23/h7-10H,1-6H2,(H,20,24). The number of halogens is 1. The van der Waals surface area contributed by atoms with Gasteiger partial charge in [0.15, 0.2) is 0 Å². The van der Waals surface area contributed by atoms with Gasteiger partial charge in [-0.1, -0.05) is 12.8 Å². The molecule has 3 amide bonds. The van der Waals surface area contributed by atoms with Gasteiger partial charge in [0.05, 0.1) is 22.9 Å². The number of nitrogens with zero attached hydrogens (tertiary/aromatic N) is 1. The Morgan fingerprint density at radius 2 is 1.67 bits per heavy atom. The summed E-state index contributed by atoms with van der Waals surface area (Å²) in [4.78, 5) is 38.4. The lowest BCUT2D eigenvalue weighted by molar-refractivity contribution is -0.122. The van der Waals surface area contributed by atoms with Gasteiger partial charge in [0.2, 0.25) is 17.7 Å². The van der Waals surface area contributed by atoms with E-state index in [0.29, 0.717) is 24.1 Å². The van der Waals surface area contributed by atoms with Gasteiger partial charge in [0, 0.05) is 5.69 Å². The maximum Gasteiger partial charge on any atom is 0.237 e. The average molecular weight is 328 g/mol. The van der Waals surface area contributed by atoms with Gasteiger partial charge in [-0.2, -0.15) is 0 Å². The second kappa shape index (κ2) is 4.43. The van der Waals surface area contributed by atoms with Crippen LogP contribution >= 0.6 is 0 Å². The fraction of sp³-hybridized carbons (Fsp3) is 0.500. The summed E-state index contributed by atoms with van der Waals surface area (Å²) in [6.45, 7) is 0. The van der Waals surface area contributed by atoms with Crippen LogP contribution in [0.2, 0.25) is 0 Å². The van der Waals surface area contributed by atoms with E-state index in [1.165, 1.54) is 12.1 Å². The molecule has 0 aromatic heterocycles. The zero-order chi connectivity index (χ0) is 16.6. The Morgan fingerprint density at radius 1 is 1.04 bits per heavy atom. The molecule has 2 aliphatic carbocycles. The molecule has 2 unspecified atom stereocenters. The molecule has 24 heavy (non-hydrogen) atoms. The quantitative estimate of drug-likeness (QED) is 0.806. The minimum absolute atomic E-state index is 0.0175. The molecule has 1 N–H and O–H groups in total. The van der Waals surface area contributed by atoms with Crippen LogP contribution in [0, 0.1) is 17.7 Å². The summed E-state index contributed by atoms with van der Waals surface area (Å²) >= 11 is 0. The molecule has 0 bridgehead atoms. The Bertz CT molecular complexity index is 791. The Balaban J connectivity index is 1.59.